The van der Waals surface area contributed by atoms with Gasteiger partial charge in [-0.15, -0.1) is 0 Å². The summed E-state index contributed by atoms with van der Waals surface area (Å²) in [6.07, 6.45) is 3.51. The number of nitrogens with one attached hydrogen (secondary N) is 1. The fourth-order valence-electron chi connectivity index (χ4n) is 4.95. The standard InChI is InChI=1S/C30H38N4O6/c1-30(2,3)40-29(38)34-17-13-23(14-18-34)32-27(36)22-7-10-25(31-19-22)28(37)33-15-11-21(12-16-33)26(35)20-5-8-24(39-4)9-6-20/h5-10,19,21,23H,11-18H2,1-4H3,(H,32,36). The van der Waals surface area contributed by atoms with Gasteiger partial charge in [0.05, 0.1) is 12.7 Å². The molecule has 10 nitrogen and oxygen atoms in total. The molecule has 40 heavy (non-hydrogen) atoms. The number of hydrogen-bond donors (Lipinski definition) is 1. The second-order valence-corrected chi connectivity index (χ2v) is 11.3. The number of piperidine rings is 2. The second kappa shape index (κ2) is 12.5. The van der Waals surface area contributed by atoms with Gasteiger partial charge in [-0.3, -0.25) is 19.4 Å². The van der Waals surface area contributed by atoms with Crippen LogP contribution in [-0.4, -0.2) is 83.4 Å². The van der Waals surface area contributed by atoms with Crippen LogP contribution in [0.5, 0.6) is 5.75 Å². The number of carbonyl (C=O) groups excluding carboxylic acids is 4. The van der Waals surface area contributed by atoms with Crippen LogP contribution in [0, 0.1) is 5.92 Å². The lowest BCUT2D eigenvalue weighted by atomic mass is 9.88. The summed E-state index contributed by atoms with van der Waals surface area (Å²) in [6.45, 7) is 7.46. The monoisotopic (exact) mass is 550 g/mol. The van der Waals surface area contributed by atoms with Crippen LogP contribution in [0.3, 0.4) is 0 Å². The third-order valence-corrected chi connectivity index (χ3v) is 7.25. The molecule has 0 spiro atoms. The summed E-state index contributed by atoms with van der Waals surface area (Å²) in [6, 6.07) is 10.2. The maximum Gasteiger partial charge on any atom is 0.410 e. The van der Waals surface area contributed by atoms with Crippen molar-refractivity contribution in [1.82, 2.24) is 20.1 Å². The highest BCUT2D eigenvalue weighted by molar-refractivity contribution is 5.99. The zero-order valence-electron chi connectivity index (χ0n) is 23.6. The lowest BCUT2D eigenvalue weighted by Gasteiger charge is -2.33. The zero-order valence-corrected chi connectivity index (χ0v) is 23.6. The summed E-state index contributed by atoms with van der Waals surface area (Å²) in [7, 11) is 1.58. The molecule has 10 heteroatoms. The smallest absolute Gasteiger partial charge is 0.410 e. The van der Waals surface area contributed by atoms with Crippen LogP contribution in [0.2, 0.25) is 0 Å². The van der Waals surface area contributed by atoms with Gasteiger partial charge in [0.25, 0.3) is 11.8 Å². The van der Waals surface area contributed by atoms with Crippen LogP contribution in [0.1, 0.15) is 77.7 Å². The minimum absolute atomic E-state index is 0.0607. The Kier molecular flexibility index (Phi) is 9.07. The van der Waals surface area contributed by atoms with Crippen molar-refractivity contribution >= 4 is 23.7 Å². The van der Waals surface area contributed by atoms with Crippen molar-refractivity contribution in [3.05, 3.63) is 59.4 Å². The summed E-state index contributed by atoms with van der Waals surface area (Å²) in [5.41, 5.74) is 0.738. The maximum atomic E-state index is 13.0. The minimum Gasteiger partial charge on any atom is -0.497 e. The van der Waals surface area contributed by atoms with E-state index in [4.69, 9.17) is 9.47 Å². The number of aromatic nitrogens is 1. The Balaban J connectivity index is 1.24. The molecule has 2 aliphatic rings. The SMILES string of the molecule is COc1ccc(C(=O)C2CCN(C(=O)c3ccc(C(=O)NC4CCN(C(=O)OC(C)(C)C)CC4)cn3)CC2)cc1. The minimum atomic E-state index is -0.546. The van der Waals surface area contributed by atoms with Gasteiger partial charge in [-0.1, -0.05) is 0 Å². The number of pyridine rings is 1. The quantitative estimate of drug-likeness (QED) is 0.541. The number of ether oxygens (including phenoxy) is 2. The molecule has 214 valence electrons. The largest absolute Gasteiger partial charge is 0.497 e. The van der Waals surface area contributed by atoms with Crippen LogP contribution in [0.25, 0.3) is 0 Å². The molecule has 3 amide bonds. The zero-order chi connectivity index (χ0) is 28.9. The molecule has 0 aliphatic carbocycles. The highest BCUT2D eigenvalue weighted by Gasteiger charge is 2.30. The molecule has 0 unspecified atom stereocenters. The molecule has 0 radical (unpaired) electrons. The molecule has 1 aromatic carbocycles. The van der Waals surface area contributed by atoms with Crippen LogP contribution < -0.4 is 10.1 Å². The summed E-state index contributed by atoms with van der Waals surface area (Å²) in [5.74, 6) is 0.178. The number of methoxy groups -OCH3 is 1. The fourth-order valence-corrected chi connectivity index (χ4v) is 4.95. The van der Waals surface area contributed by atoms with Gasteiger partial charge in [0, 0.05) is 49.9 Å². The molecular weight excluding hydrogens is 512 g/mol. The number of carbonyl (C=O) groups is 4. The van der Waals surface area contributed by atoms with Gasteiger partial charge in [0.15, 0.2) is 5.78 Å². The van der Waals surface area contributed by atoms with Gasteiger partial charge in [-0.2, -0.15) is 0 Å². The second-order valence-electron chi connectivity index (χ2n) is 11.3. The third kappa shape index (κ3) is 7.37. The predicted molar refractivity (Wildman–Crippen MR) is 148 cm³/mol. The number of Topliss-reactive ketones (excluding diaryl/α,β-unsaturated/α-hetero) is 1. The first-order valence-electron chi connectivity index (χ1n) is 13.8. The van der Waals surface area contributed by atoms with Gasteiger partial charge in [0.1, 0.15) is 17.0 Å². The van der Waals surface area contributed by atoms with Gasteiger partial charge < -0.3 is 24.6 Å². The fraction of sp³-hybridized carbons (Fsp3) is 0.500. The summed E-state index contributed by atoms with van der Waals surface area (Å²) < 4.78 is 10.6. The Morgan fingerprint density at radius 3 is 2.00 bits per heavy atom. The van der Waals surface area contributed by atoms with Gasteiger partial charge in [0.2, 0.25) is 0 Å². The van der Waals surface area contributed by atoms with E-state index in [1.54, 1.807) is 53.3 Å². The lowest BCUT2D eigenvalue weighted by Crippen LogP contribution is -2.47. The van der Waals surface area contributed by atoms with E-state index in [2.05, 4.69) is 10.3 Å². The van der Waals surface area contributed by atoms with Gasteiger partial charge in [-0.25, -0.2) is 4.79 Å². The molecule has 3 heterocycles. The summed E-state index contributed by atoms with van der Waals surface area (Å²) in [5, 5.41) is 3.00. The molecule has 4 rings (SSSR count). The van der Waals surface area contributed by atoms with Gasteiger partial charge >= 0.3 is 6.09 Å². The Morgan fingerprint density at radius 2 is 1.45 bits per heavy atom. The van der Waals surface area contributed by atoms with Crippen molar-refractivity contribution in [2.45, 2.75) is 58.1 Å². The molecule has 1 aromatic heterocycles. The number of ketones is 1. The molecule has 0 saturated carbocycles. The van der Waals surface area contributed by atoms with E-state index in [1.165, 1.54) is 6.20 Å². The average Bonchev–Trinajstić information content (AvgIpc) is 2.96. The predicted octanol–water partition coefficient (Wildman–Crippen LogP) is 3.95. The Bertz CT molecular complexity index is 1210. The van der Waals surface area contributed by atoms with E-state index in [0.29, 0.717) is 68.7 Å². The molecule has 0 atom stereocenters. The number of hydrogen-bond acceptors (Lipinski definition) is 7. The van der Waals surface area contributed by atoms with Crippen LogP contribution in [0.15, 0.2) is 42.6 Å². The Morgan fingerprint density at radius 1 is 0.850 bits per heavy atom. The van der Waals surface area contributed by atoms with E-state index < -0.39 is 5.60 Å². The summed E-state index contributed by atoms with van der Waals surface area (Å²) in [4.78, 5) is 58.5. The number of likely N-dealkylation sites (tertiary alicyclic amines) is 2. The number of rotatable bonds is 6. The average molecular weight is 551 g/mol. The van der Waals surface area contributed by atoms with Crippen LogP contribution >= 0.6 is 0 Å². The molecular formula is C30H38N4O6. The van der Waals surface area contributed by atoms with Crippen LogP contribution in [0.4, 0.5) is 4.79 Å². The van der Waals surface area contributed by atoms with Crippen molar-refractivity contribution in [1.29, 1.82) is 0 Å². The van der Waals surface area contributed by atoms with Crippen molar-refractivity contribution < 1.29 is 28.7 Å². The lowest BCUT2D eigenvalue weighted by molar-refractivity contribution is 0.0199. The first-order chi connectivity index (χ1) is 19.0. The first-order valence-corrected chi connectivity index (χ1v) is 13.8. The first kappa shape index (κ1) is 29.0. The molecule has 2 saturated heterocycles. The number of amides is 3. The highest BCUT2D eigenvalue weighted by Crippen LogP contribution is 2.24. The third-order valence-electron chi connectivity index (χ3n) is 7.25. The van der Waals surface area contributed by atoms with E-state index in [9.17, 15) is 19.2 Å². The van der Waals surface area contributed by atoms with E-state index in [0.717, 1.165) is 0 Å². The molecule has 2 aromatic rings. The maximum absolute atomic E-state index is 13.0. The van der Waals surface area contributed by atoms with Crippen molar-refractivity contribution in [3.8, 4) is 5.75 Å². The highest BCUT2D eigenvalue weighted by atomic mass is 16.6. The van der Waals surface area contributed by atoms with E-state index in [1.807, 2.05) is 20.8 Å². The van der Waals surface area contributed by atoms with Crippen molar-refractivity contribution in [2.75, 3.05) is 33.3 Å². The van der Waals surface area contributed by atoms with Gasteiger partial charge in [-0.05, 0) is 82.9 Å². The molecule has 1 N–H and O–H groups in total. The van der Waals surface area contributed by atoms with Crippen molar-refractivity contribution in [2.24, 2.45) is 5.92 Å². The molecule has 2 fully saturated rings. The number of benzene rings is 1. The van der Waals surface area contributed by atoms with Crippen molar-refractivity contribution in [3.63, 3.8) is 0 Å². The van der Waals surface area contributed by atoms with E-state index in [-0.39, 0.29) is 41.3 Å². The molecule has 0 bridgehead atoms. The van der Waals surface area contributed by atoms with E-state index >= 15 is 0 Å². The summed E-state index contributed by atoms with van der Waals surface area (Å²) >= 11 is 0. The Labute approximate surface area is 235 Å². The normalized spacial score (nSPS) is 16.8. The Hall–Kier alpha value is -3.95. The molecule has 2 aliphatic heterocycles. The topological polar surface area (TPSA) is 118 Å². The van der Waals surface area contributed by atoms with Crippen LogP contribution in [-0.2, 0) is 4.74 Å². The number of nitrogens with zero attached hydrogens (tertiary/aromatic N) is 3.